The molecule has 0 aromatic heterocycles. The molecule has 0 unspecified atom stereocenters. The van der Waals surface area contributed by atoms with E-state index < -0.39 is 0 Å². The molecule has 0 saturated carbocycles. The quantitative estimate of drug-likeness (QED) is 0.784. The number of benzene rings is 2. The summed E-state index contributed by atoms with van der Waals surface area (Å²) in [5, 5.41) is 0. The predicted octanol–water partition coefficient (Wildman–Crippen LogP) is 3.08. The second-order valence-electron chi connectivity index (χ2n) is 7.07. The van der Waals surface area contributed by atoms with Crippen LogP contribution in [0.2, 0.25) is 0 Å². The molecular formula is C21H23FN2O3. The van der Waals surface area contributed by atoms with E-state index in [1.165, 1.54) is 12.1 Å². The third kappa shape index (κ3) is 3.76. The third-order valence-corrected chi connectivity index (χ3v) is 5.34. The van der Waals surface area contributed by atoms with Crippen molar-refractivity contribution in [2.24, 2.45) is 0 Å². The van der Waals surface area contributed by atoms with E-state index in [2.05, 4.69) is 11.0 Å². The Balaban J connectivity index is 1.38. The van der Waals surface area contributed by atoms with Crippen molar-refractivity contribution >= 4 is 6.09 Å². The van der Waals surface area contributed by atoms with E-state index in [-0.39, 0.29) is 24.1 Å². The van der Waals surface area contributed by atoms with Crippen molar-refractivity contribution in [3.8, 4) is 5.75 Å². The molecular weight excluding hydrogens is 347 g/mol. The molecule has 2 fully saturated rings. The number of halogens is 1. The predicted molar refractivity (Wildman–Crippen MR) is 99.1 cm³/mol. The Hall–Kier alpha value is -2.60. The maximum Gasteiger partial charge on any atom is 0.410 e. The van der Waals surface area contributed by atoms with Crippen LogP contribution in [0, 0.1) is 5.82 Å². The van der Waals surface area contributed by atoms with E-state index in [0.29, 0.717) is 13.0 Å². The number of fused-ring (bicyclic) bond motifs is 1. The molecule has 6 heteroatoms. The van der Waals surface area contributed by atoms with Gasteiger partial charge in [0.25, 0.3) is 0 Å². The van der Waals surface area contributed by atoms with Gasteiger partial charge in [-0.25, -0.2) is 9.18 Å². The van der Waals surface area contributed by atoms with Crippen molar-refractivity contribution in [1.82, 2.24) is 9.80 Å². The number of hydrogen-bond acceptors (Lipinski definition) is 4. The van der Waals surface area contributed by atoms with Gasteiger partial charge >= 0.3 is 6.09 Å². The first kappa shape index (κ1) is 17.8. The molecule has 2 atom stereocenters. The molecule has 142 valence electrons. The first-order valence-electron chi connectivity index (χ1n) is 9.20. The molecule has 2 aliphatic rings. The molecule has 2 aromatic rings. The Labute approximate surface area is 158 Å². The Morgan fingerprint density at radius 1 is 1.15 bits per heavy atom. The molecule has 5 nitrogen and oxygen atoms in total. The van der Waals surface area contributed by atoms with Crippen molar-refractivity contribution in [2.45, 2.75) is 25.1 Å². The molecule has 2 aliphatic heterocycles. The fraction of sp³-hybridized carbons (Fsp3) is 0.381. The normalized spacial score (nSPS) is 22.0. The van der Waals surface area contributed by atoms with Crippen molar-refractivity contribution in [3.63, 3.8) is 0 Å². The van der Waals surface area contributed by atoms with Crippen LogP contribution in [0.4, 0.5) is 9.18 Å². The third-order valence-electron chi connectivity index (χ3n) is 5.34. The number of ether oxygens (including phenoxy) is 2. The van der Waals surface area contributed by atoms with Crippen LogP contribution >= 0.6 is 0 Å². The van der Waals surface area contributed by atoms with Crippen LogP contribution in [-0.2, 0) is 17.7 Å². The van der Waals surface area contributed by atoms with Gasteiger partial charge in [-0.1, -0.05) is 30.3 Å². The highest BCUT2D eigenvalue weighted by Crippen LogP contribution is 2.29. The lowest BCUT2D eigenvalue weighted by Gasteiger charge is -2.23. The van der Waals surface area contributed by atoms with Crippen molar-refractivity contribution in [3.05, 3.63) is 65.5 Å². The molecule has 27 heavy (non-hydrogen) atoms. The second-order valence-corrected chi connectivity index (χ2v) is 7.07. The molecule has 4 rings (SSSR count). The number of hydrogen-bond donors (Lipinski definition) is 0. The maximum absolute atomic E-state index is 13.0. The van der Waals surface area contributed by atoms with Gasteiger partial charge in [0.15, 0.2) is 0 Å². The molecule has 0 aliphatic carbocycles. The summed E-state index contributed by atoms with van der Waals surface area (Å²) >= 11 is 0. The number of nitrogens with zero attached hydrogens (tertiary/aromatic N) is 2. The van der Waals surface area contributed by atoms with Crippen LogP contribution < -0.4 is 4.74 Å². The van der Waals surface area contributed by atoms with E-state index >= 15 is 0 Å². The van der Waals surface area contributed by atoms with Crippen LogP contribution in [0.1, 0.15) is 11.1 Å². The van der Waals surface area contributed by atoms with Gasteiger partial charge in [0.1, 0.15) is 17.7 Å². The van der Waals surface area contributed by atoms with Crippen LogP contribution in [0.5, 0.6) is 5.75 Å². The number of carbonyl (C=O) groups excluding carboxylic acids is 1. The number of rotatable bonds is 6. The minimum absolute atomic E-state index is 0.0626. The van der Waals surface area contributed by atoms with Gasteiger partial charge in [0.05, 0.1) is 13.2 Å². The molecule has 2 heterocycles. The Morgan fingerprint density at radius 2 is 1.93 bits per heavy atom. The summed E-state index contributed by atoms with van der Waals surface area (Å²) in [5.74, 6) is 0.627. The fourth-order valence-corrected chi connectivity index (χ4v) is 3.94. The summed E-state index contributed by atoms with van der Waals surface area (Å²) in [7, 11) is 1.68. The van der Waals surface area contributed by atoms with Gasteiger partial charge in [0.2, 0.25) is 0 Å². The highest BCUT2D eigenvalue weighted by Gasteiger charge is 2.47. The van der Waals surface area contributed by atoms with Crippen molar-refractivity contribution in [2.75, 3.05) is 26.7 Å². The highest BCUT2D eigenvalue weighted by atomic mass is 19.1. The first-order chi connectivity index (χ1) is 13.1. The number of carbonyl (C=O) groups is 1. The number of likely N-dealkylation sites (tertiary alicyclic amines) is 1. The SMILES string of the molecule is COc1ccccc1CN1C[C@H]2OC(=O)N(CCc3ccc(F)cc3)[C@H]2C1. The lowest BCUT2D eigenvalue weighted by molar-refractivity contribution is 0.120. The smallest absolute Gasteiger partial charge is 0.410 e. The fourth-order valence-electron chi connectivity index (χ4n) is 3.94. The minimum atomic E-state index is -0.248. The van der Waals surface area contributed by atoms with Gasteiger partial charge in [-0.05, 0) is 30.2 Å². The lowest BCUT2D eigenvalue weighted by atomic mass is 10.1. The molecule has 1 amide bonds. The first-order valence-corrected chi connectivity index (χ1v) is 9.20. The van der Waals surface area contributed by atoms with Crippen LogP contribution in [0.25, 0.3) is 0 Å². The Bertz CT molecular complexity index is 811. The summed E-state index contributed by atoms with van der Waals surface area (Å²) in [6.45, 7) is 2.84. The number of amides is 1. The highest BCUT2D eigenvalue weighted by molar-refractivity contribution is 5.71. The van der Waals surface area contributed by atoms with Gasteiger partial charge in [-0.15, -0.1) is 0 Å². The summed E-state index contributed by atoms with van der Waals surface area (Å²) in [4.78, 5) is 16.3. The van der Waals surface area contributed by atoms with E-state index in [4.69, 9.17) is 9.47 Å². The topological polar surface area (TPSA) is 42.0 Å². The van der Waals surface area contributed by atoms with E-state index in [9.17, 15) is 9.18 Å². The molecule has 2 aromatic carbocycles. The van der Waals surface area contributed by atoms with Gasteiger partial charge in [-0.2, -0.15) is 0 Å². The van der Waals surface area contributed by atoms with E-state index in [1.807, 2.05) is 23.1 Å². The van der Waals surface area contributed by atoms with E-state index in [1.54, 1.807) is 19.2 Å². The molecule has 0 N–H and O–H groups in total. The molecule has 0 radical (unpaired) electrons. The zero-order valence-corrected chi connectivity index (χ0v) is 15.3. The Kier molecular flexibility index (Phi) is 4.99. The van der Waals surface area contributed by atoms with Crippen LogP contribution in [0.15, 0.2) is 48.5 Å². The standard InChI is InChI=1S/C21H23FN2O3/c1-26-19-5-3-2-4-16(19)12-23-13-18-20(14-23)27-21(25)24(18)11-10-15-6-8-17(22)9-7-15/h2-9,18,20H,10-14H2,1H3/t18-,20+/m0/s1. The monoisotopic (exact) mass is 370 g/mol. The summed E-state index contributed by atoms with van der Waals surface area (Å²) in [5.41, 5.74) is 2.14. The number of methoxy groups -OCH3 is 1. The average Bonchev–Trinajstić information content (AvgIpc) is 3.18. The van der Waals surface area contributed by atoms with Crippen LogP contribution in [0.3, 0.4) is 0 Å². The van der Waals surface area contributed by atoms with Crippen molar-refractivity contribution < 1.29 is 18.7 Å². The molecule has 0 spiro atoms. The zero-order valence-electron chi connectivity index (χ0n) is 15.3. The average molecular weight is 370 g/mol. The number of para-hydroxylation sites is 1. The van der Waals surface area contributed by atoms with Gasteiger partial charge in [0, 0.05) is 31.7 Å². The zero-order chi connectivity index (χ0) is 18.8. The van der Waals surface area contributed by atoms with E-state index in [0.717, 1.165) is 36.5 Å². The van der Waals surface area contributed by atoms with Gasteiger partial charge < -0.3 is 9.47 Å². The molecule has 2 saturated heterocycles. The lowest BCUT2D eigenvalue weighted by Crippen LogP contribution is -2.39. The molecule has 0 bridgehead atoms. The Morgan fingerprint density at radius 3 is 2.70 bits per heavy atom. The summed E-state index contributed by atoms with van der Waals surface area (Å²) in [6, 6.07) is 14.5. The minimum Gasteiger partial charge on any atom is -0.496 e. The second kappa shape index (κ2) is 7.56. The maximum atomic E-state index is 13.0. The summed E-state index contributed by atoms with van der Waals surface area (Å²) < 4.78 is 24.1. The largest absolute Gasteiger partial charge is 0.496 e. The van der Waals surface area contributed by atoms with Gasteiger partial charge in [-0.3, -0.25) is 9.80 Å². The van der Waals surface area contributed by atoms with Crippen LogP contribution in [-0.4, -0.2) is 54.8 Å². The summed E-state index contributed by atoms with van der Waals surface area (Å²) in [6.07, 6.45) is 0.343. The van der Waals surface area contributed by atoms with Crippen molar-refractivity contribution in [1.29, 1.82) is 0 Å².